The Hall–Kier alpha value is -0.0800. The highest BCUT2D eigenvalue weighted by molar-refractivity contribution is 4.51. The molecular weight excluding hydrogens is 102 g/mol. The van der Waals surface area contributed by atoms with E-state index in [1.165, 1.54) is 0 Å². The summed E-state index contributed by atoms with van der Waals surface area (Å²) in [4.78, 5) is 0. The number of nitrogens with two attached hydrogens (primary N) is 1. The Morgan fingerprint density at radius 3 is 2.62 bits per heavy atom. The Labute approximate surface area is 50.7 Å². The van der Waals surface area contributed by atoms with Gasteiger partial charge in [-0.15, -0.1) is 0 Å². The number of aliphatic hydroxyl groups is 1. The molecule has 1 atom stereocenters. The monoisotopic (exact) mass is 117 g/mol. The molecule has 2 nitrogen and oxygen atoms in total. The summed E-state index contributed by atoms with van der Waals surface area (Å²) in [5.74, 6) is 0.571. The van der Waals surface area contributed by atoms with Gasteiger partial charge < -0.3 is 10.8 Å². The lowest BCUT2D eigenvalue weighted by Gasteiger charge is -2.04. The van der Waals surface area contributed by atoms with Gasteiger partial charge in [0.05, 0.1) is 0 Å². The van der Waals surface area contributed by atoms with Crippen LogP contribution in [-0.2, 0) is 0 Å². The lowest BCUT2D eigenvalue weighted by molar-refractivity contribution is 0.274. The highest BCUT2D eigenvalue weighted by Crippen LogP contribution is 2.00. The van der Waals surface area contributed by atoms with Gasteiger partial charge in [0.25, 0.3) is 0 Å². The minimum absolute atomic E-state index is 0.296. The predicted molar refractivity (Wildman–Crippen MR) is 34.5 cm³/mol. The Morgan fingerprint density at radius 2 is 2.25 bits per heavy atom. The van der Waals surface area contributed by atoms with Gasteiger partial charge in [-0.3, -0.25) is 0 Å². The van der Waals surface area contributed by atoms with Crippen LogP contribution in [0.4, 0.5) is 0 Å². The maximum atomic E-state index is 8.37. The fourth-order valence-corrected chi connectivity index (χ4v) is 0.558. The van der Waals surface area contributed by atoms with Crippen molar-refractivity contribution < 1.29 is 5.11 Å². The lowest BCUT2D eigenvalue weighted by atomic mass is 10.1. The molecule has 0 saturated carbocycles. The molecule has 0 aliphatic carbocycles. The molecule has 0 fully saturated rings. The summed E-state index contributed by atoms with van der Waals surface area (Å²) in [5, 5.41) is 8.37. The van der Waals surface area contributed by atoms with Crippen LogP contribution in [0, 0.1) is 5.92 Å². The average molecular weight is 117 g/mol. The Bertz CT molecular complexity index is 47.8. The van der Waals surface area contributed by atoms with Gasteiger partial charge in [0.15, 0.2) is 0 Å². The lowest BCUT2D eigenvalue weighted by Crippen LogP contribution is -2.10. The molecule has 0 unspecified atom stereocenters. The van der Waals surface area contributed by atoms with Crippen LogP contribution < -0.4 is 5.73 Å². The normalized spacial score (nSPS) is 13.9. The second-order valence-corrected chi connectivity index (χ2v) is 2.21. The maximum Gasteiger partial charge on any atom is 0.0431 e. The van der Waals surface area contributed by atoms with E-state index in [-0.39, 0.29) is 0 Å². The second kappa shape index (κ2) is 5.06. The van der Waals surface area contributed by atoms with Crippen LogP contribution >= 0.6 is 0 Å². The summed E-state index contributed by atoms with van der Waals surface area (Å²) in [6.07, 6.45) is 1.94. The van der Waals surface area contributed by atoms with Crippen LogP contribution in [0.5, 0.6) is 0 Å². The van der Waals surface area contributed by atoms with Gasteiger partial charge in [-0.2, -0.15) is 0 Å². The minimum Gasteiger partial charge on any atom is -0.396 e. The van der Waals surface area contributed by atoms with E-state index in [0.29, 0.717) is 12.5 Å². The zero-order valence-electron chi connectivity index (χ0n) is 5.43. The van der Waals surface area contributed by atoms with E-state index in [0.717, 1.165) is 19.4 Å². The fourth-order valence-electron chi connectivity index (χ4n) is 0.558. The molecule has 0 aliphatic rings. The molecule has 50 valence electrons. The van der Waals surface area contributed by atoms with Crippen molar-refractivity contribution in [2.45, 2.75) is 19.8 Å². The predicted octanol–water partition coefficient (Wildman–Crippen LogP) is 0.354. The van der Waals surface area contributed by atoms with E-state index in [2.05, 4.69) is 6.92 Å². The number of hydrogen-bond donors (Lipinski definition) is 2. The Balaban J connectivity index is 2.86. The Kier molecular flexibility index (Phi) is 5.01. The molecule has 0 aromatic rings. The average Bonchev–Trinajstić information content (AvgIpc) is 1.83. The quantitative estimate of drug-likeness (QED) is 0.558. The first-order valence-electron chi connectivity index (χ1n) is 3.12. The number of rotatable bonds is 4. The molecule has 0 radical (unpaired) electrons. The largest absolute Gasteiger partial charge is 0.396 e. The topological polar surface area (TPSA) is 46.2 Å². The van der Waals surface area contributed by atoms with Crippen molar-refractivity contribution in [3.05, 3.63) is 0 Å². The SMILES string of the molecule is C[C@@H](CN)CCCO. The summed E-state index contributed by atoms with van der Waals surface area (Å²) in [7, 11) is 0. The first-order valence-corrected chi connectivity index (χ1v) is 3.12. The van der Waals surface area contributed by atoms with E-state index in [1.807, 2.05) is 0 Å². The third-order valence-corrected chi connectivity index (χ3v) is 1.26. The summed E-state index contributed by atoms with van der Waals surface area (Å²) in [6.45, 7) is 3.12. The molecule has 0 aromatic heterocycles. The van der Waals surface area contributed by atoms with E-state index >= 15 is 0 Å². The first kappa shape index (κ1) is 7.92. The van der Waals surface area contributed by atoms with Gasteiger partial charge in [0, 0.05) is 6.61 Å². The molecule has 2 heteroatoms. The van der Waals surface area contributed by atoms with E-state index in [9.17, 15) is 0 Å². The van der Waals surface area contributed by atoms with Gasteiger partial charge >= 0.3 is 0 Å². The highest BCUT2D eigenvalue weighted by atomic mass is 16.2. The maximum absolute atomic E-state index is 8.37. The minimum atomic E-state index is 0.296. The van der Waals surface area contributed by atoms with E-state index in [4.69, 9.17) is 10.8 Å². The molecule has 0 aliphatic heterocycles. The van der Waals surface area contributed by atoms with Crippen molar-refractivity contribution in [2.75, 3.05) is 13.2 Å². The van der Waals surface area contributed by atoms with Crippen LogP contribution in [0.3, 0.4) is 0 Å². The standard InChI is InChI=1S/C6H15NO/c1-6(5-7)3-2-4-8/h6,8H,2-5,7H2,1H3/t6-/m1/s1. The van der Waals surface area contributed by atoms with Crippen molar-refractivity contribution >= 4 is 0 Å². The number of aliphatic hydroxyl groups excluding tert-OH is 1. The summed E-state index contributed by atoms with van der Waals surface area (Å²) >= 11 is 0. The van der Waals surface area contributed by atoms with Gasteiger partial charge in [-0.1, -0.05) is 6.92 Å². The molecule has 0 aromatic carbocycles. The molecule has 0 saturated heterocycles. The van der Waals surface area contributed by atoms with Crippen LogP contribution in [0.25, 0.3) is 0 Å². The molecular formula is C6H15NO. The summed E-state index contributed by atoms with van der Waals surface area (Å²) < 4.78 is 0. The summed E-state index contributed by atoms with van der Waals surface area (Å²) in [5.41, 5.74) is 5.33. The smallest absolute Gasteiger partial charge is 0.0431 e. The third kappa shape index (κ3) is 4.09. The van der Waals surface area contributed by atoms with Gasteiger partial charge in [0.2, 0.25) is 0 Å². The molecule has 0 rings (SSSR count). The van der Waals surface area contributed by atoms with Crippen molar-refractivity contribution in [1.29, 1.82) is 0 Å². The second-order valence-electron chi connectivity index (χ2n) is 2.21. The van der Waals surface area contributed by atoms with Gasteiger partial charge in [-0.25, -0.2) is 0 Å². The molecule has 0 bridgehead atoms. The van der Waals surface area contributed by atoms with Gasteiger partial charge in [-0.05, 0) is 25.3 Å². The van der Waals surface area contributed by atoms with Crippen LogP contribution in [0.2, 0.25) is 0 Å². The van der Waals surface area contributed by atoms with Crippen molar-refractivity contribution in [3.8, 4) is 0 Å². The first-order chi connectivity index (χ1) is 3.81. The number of hydrogen-bond acceptors (Lipinski definition) is 2. The van der Waals surface area contributed by atoms with Crippen molar-refractivity contribution in [2.24, 2.45) is 11.7 Å². The highest BCUT2D eigenvalue weighted by Gasteiger charge is 1.95. The van der Waals surface area contributed by atoms with Crippen molar-refractivity contribution in [1.82, 2.24) is 0 Å². The third-order valence-electron chi connectivity index (χ3n) is 1.26. The molecule has 0 heterocycles. The van der Waals surface area contributed by atoms with Crippen LogP contribution in [-0.4, -0.2) is 18.3 Å². The molecule has 0 amide bonds. The van der Waals surface area contributed by atoms with Crippen LogP contribution in [0.15, 0.2) is 0 Å². The molecule has 3 N–H and O–H groups in total. The van der Waals surface area contributed by atoms with Crippen molar-refractivity contribution in [3.63, 3.8) is 0 Å². The fraction of sp³-hybridized carbons (Fsp3) is 1.00. The molecule has 8 heavy (non-hydrogen) atoms. The van der Waals surface area contributed by atoms with Crippen LogP contribution in [0.1, 0.15) is 19.8 Å². The zero-order valence-corrected chi connectivity index (χ0v) is 5.43. The molecule has 0 spiro atoms. The van der Waals surface area contributed by atoms with E-state index < -0.39 is 0 Å². The summed E-state index contributed by atoms with van der Waals surface area (Å²) in [6, 6.07) is 0. The Morgan fingerprint density at radius 1 is 1.62 bits per heavy atom. The van der Waals surface area contributed by atoms with E-state index in [1.54, 1.807) is 0 Å². The van der Waals surface area contributed by atoms with Gasteiger partial charge in [0.1, 0.15) is 0 Å². The zero-order chi connectivity index (χ0) is 6.41.